The van der Waals surface area contributed by atoms with Crippen molar-refractivity contribution >= 4 is 17.5 Å². The molecular weight excluding hydrogens is 382 g/mol. The second-order valence-corrected chi connectivity index (χ2v) is 7.69. The fourth-order valence-corrected chi connectivity index (χ4v) is 2.79. The van der Waals surface area contributed by atoms with Gasteiger partial charge in [-0.25, -0.2) is 4.79 Å². The van der Waals surface area contributed by atoms with Gasteiger partial charge in [-0.15, -0.1) is 0 Å². The van der Waals surface area contributed by atoms with Crippen LogP contribution in [0.15, 0.2) is 43.0 Å². The molecule has 0 bridgehead atoms. The average molecular weight is 409 g/mol. The predicted octanol–water partition coefficient (Wildman–Crippen LogP) is 4.73. The number of allylic oxidation sites excluding steroid dienone is 1. The van der Waals surface area contributed by atoms with E-state index < -0.39 is 12.9 Å². The molecule has 30 heavy (non-hydrogen) atoms. The number of nitrogens with zero attached hydrogens (tertiary/aromatic N) is 3. The van der Waals surface area contributed by atoms with Crippen LogP contribution in [0, 0.1) is 18.3 Å². The van der Waals surface area contributed by atoms with Gasteiger partial charge in [0.1, 0.15) is 23.9 Å². The Morgan fingerprint density at radius 1 is 1.23 bits per heavy atom. The lowest BCUT2D eigenvalue weighted by Gasteiger charge is -2.19. The summed E-state index contributed by atoms with van der Waals surface area (Å²) in [5.41, 5.74) is 3.49. The number of aromatic nitrogens is 2. The van der Waals surface area contributed by atoms with Crippen LogP contribution in [0.5, 0.6) is 0 Å². The monoisotopic (exact) mass is 409 g/mol. The third kappa shape index (κ3) is 5.74. The Morgan fingerprint density at radius 3 is 2.40 bits per heavy atom. The highest BCUT2D eigenvalue weighted by atomic mass is 16.8. The van der Waals surface area contributed by atoms with Gasteiger partial charge < -0.3 is 14.2 Å². The van der Waals surface area contributed by atoms with Crippen LogP contribution in [-0.4, -0.2) is 29.3 Å². The molecule has 0 N–H and O–H groups in total. The molecule has 0 saturated carbocycles. The van der Waals surface area contributed by atoms with E-state index in [9.17, 15) is 10.1 Å². The Balaban J connectivity index is 2.40. The molecule has 1 aromatic carbocycles. The summed E-state index contributed by atoms with van der Waals surface area (Å²) in [7, 11) is 1.75. The molecule has 1 aromatic heterocycles. The smallest absolute Gasteiger partial charge is 0.454 e. The quantitative estimate of drug-likeness (QED) is 0.216. The summed E-state index contributed by atoms with van der Waals surface area (Å²) in [5.74, 6) is 0.264. The molecule has 0 radical (unpaired) electrons. The lowest BCUT2D eigenvalue weighted by Crippen LogP contribution is -2.12. The molecule has 2 aromatic rings. The van der Waals surface area contributed by atoms with Crippen molar-refractivity contribution in [2.45, 2.75) is 33.1 Å². The molecule has 0 saturated heterocycles. The number of hydrogen-bond donors (Lipinski definition) is 0. The molecule has 0 aliphatic heterocycles. The molecule has 0 aliphatic rings. The van der Waals surface area contributed by atoms with Crippen LogP contribution in [-0.2, 0) is 26.7 Å². The van der Waals surface area contributed by atoms with Crippen molar-refractivity contribution < 1.29 is 19.0 Å². The number of ether oxygens (including phenoxy) is 3. The number of carbonyl (C=O) groups is 1. The van der Waals surface area contributed by atoms with Gasteiger partial charge in [0.05, 0.1) is 5.69 Å². The van der Waals surface area contributed by atoms with Gasteiger partial charge >= 0.3 is 6.16 Å². The minimum absolute atomic E-state index is 0.00678. The van der Waals surface area contributed by atoms with E-state index in [0.29, 0.717) is 16.8 Å². The summed E-state index contributed by atoms with van der Waals surface area (Å²) in [6.45, 7) is 11.3. The number of hydrogen-bond acceptors (Lipinski definition) is 6. The van der Waals surface area contributed by atoms with Crippen molar-refractivity contribution in [1.29, 1.82) is 5.26 Å². The van der Waals surface area contributed by atoms with E-state index >= 15 is 0 Å². The van der Waals surface area contributed by atoms with E-state index in [4.69, 9.17) is 14.2 Å². The highest BCUT2D eigenvalue weighted by molar-refractivity contribution is 5.94. The van der Waals surface area contributed by atoms with Crippen molar-refractivity contribution in [1.82, 2.24) is 9.78 Å². The first-order valence-corrected chi connectivity index (χ1v) is 9.47. The minimum Gasteiger partial charge on any atom is -0.454 e. The summed E-state index contributed by atoms with van der Waals surface area (Å²) in [6.07, 6.45) is 0.546. The molecule has 0 unspecified atom stereocenters. The van der Waals surface area contributed by atoms with Crippen LogP contribution >= 0.6 is 0 Å². The highest BCUT2D eigenvalue weighted by Gasteiger charge is 2.20. The van der Waals surface area contributed by atoms with Crippen molar-refractivity contribution in [3.8, 4) is 6.07 Å². The topological polar surface area (TPSA) is 86.4 Å². The zero-order valence-corrected chi connectivity index (χ0v) is 18.1. The lowest BCUT2D eigenvalue weighted by molar-refractivity contribution is -0.00149. The van der Waals surface area contributed by atoms with Crippen LogP contribution in [0.1, 0.15) is 43.3 Å². The van der Waals surface area contributed by atoms with Crippen LogP contribution in [0.25, 0.3) is 11.3 Å². The number of nitriles is 1. The van der Waals surface area contributed by atoms with Gasteiger partial charge in [-0.3, -0.25) is 4.68 Å². The summed E-state index contributed by atoms with van der Waals surface area (Å²) in [4.78, 5) is 11.6. The Hall–Kier alpha value is -3.53. The highest BCUT2D eigenvalue weighted by Crippen LogP contribution is 2.29. The molecule has 7 heteroatoms. The molecule has 0 spiro atoms. The average Bonchev–Trinajstić information content (AvgIpc) is 3.03. The van der Waals surface area contributed by atoms with Gasteiger partial charge in [-0.2, -0.15) is 10.4 Å². The fraction of sp³-hybridized carbons (Fsp3) is 0.348. The molecule has 0 atom stereocenters. The van der Waals surface area contributed by atoms with E-state index in [2.05, 4.69) is 38.5 Å². The van der Waals surface area contributed by atoms with Gasteiger partial charge in [0.25, 0.3) is 0 Å². The summed E-state index contributed by atoms with van der Waals surface area (Å²) >= 11 is 0. The zero-order chi connectivity index (χ0) is 22.3. The second-order valence-electron chi connectivity index (χ2n) is 7.69. The van der Waals surface area contributed by atoms with E-state index in [1.807, 2.05) is 31.2 Å². The number of carbonyl (C=O) groups excluding carboxylic acids is 1. The zero-order valence-electron chi connectivity index (χ0n) is 18.1. The number of benzene rings is 1. The maximum atomic E-state index is 11.6. The number of rotatable bonds is 7. The first kappa shape index (κ1) is 22.8. The molecular formula is C23H27N3O4. The molecule has 2 rings (SSSR count). The van der Waals surface area contributed by atoms with Crippen LogP contribution in [0.3, 0.4) is 0 Å². The number of aryl methyl sites for hydroxylation is 2. The van der Waals surface area contributed by atoms with E-state index in [-0.39, 0.29) is 17.8 Å². The molecule has 0 aliphatic carbocycles. The minimum atomic E-state index is -0.886. The van der Waals surface area contributed by atoms with Gasteiger partial charge in [0, 0.05) is 7.05 Å². The first-order chi connectivity index (χ1) is 14.2. The normalized spacial score (nSPS) is 11.9. The first-order valence-electron chi connectivity index (χ1n) is 9.47. The SMILES string of the molecule is C=CCOC(=O)OCO/C(=C(/C#N)c1ccc(C(C)(C)C)cc1)c1cc(C)nn1C. The van der Waals surface area contributed by atoms with Crippen molar-refractivity contribution in [2.24, 2.45) is 7.05 Å². The second kappa shape index (κ2) is 9.79. The van der Waals surface area contributed by atoms with Crippen molar-refractivity contribution in [3.05, 3.63) is 65.5 Å². The van der Waals surface area contributed by atoms with E-state index in [1.165, 1.54) is 6.08 Å². The third-order valence-electron chi connectivity index (χ3n) is 4.31. The predicted molar refractivity (Wildman–Crippen MR) is 114 cm³/mol. The Kier molecular flexibility index (Phi) is 7.43. The maximum Gasteiger partial charge on any atom is 0.511 e. The summed E-state index contributed by atoms with van der Waals surface area (Å²) in [6, 6.07) is 11.7. The standard InChI is InChI=1S/C23H27N3O4/c1-7-12-28-22(27)30-15-29-21(20-13-16(2)25-26(20)6)19(14-24)17-8-10-18(11-9-17)23(3,4)5/h7-11,13H,1,12,15H2,2-6H3/b21-19-. The van der Waals surface area contributed by atoms with Gasteiger partial charge in [0.15, 0.2) is 5.76 Å². The Bertz CT molecular complexity index is 973. The van der Waals surface area contributed by atoms with Gasteiger partial charge in [0.2, 0.25) is 6.79 Å². The third-order valence-corrected chi connectivity index (χ3v) is 4.31. The van der Waals surface area contributed by atoms with E-state index in [0.717, 1.165) is 11.3 Å². The largest absolute Gasteiger partial charge is 0.511 e. The molecule has 0 amide bonds. The molecule has 7 nitrogen and oxygen atoms in total. The van der Waals surface area contributed by atoms with Crippen molar-refractivity contribution in [2.75, 3.05) is 13.4 Å². The van der Waals surface area contributed by atoms with Crippen molar-refractivity contribution in [3.63, 3.8) is 0 Å². The Morgan fingerprint density at radius 2 is 1.90 bits per heavy atom. The maximum absolute atomic E-state index is 11.6. The summed E-state index contributed by atoms with van der Waals surface area (Å²) in [5, 5.41) is 14.2. The lowest BCUT2D eigenvalue weighted by atomic mass is 9.86. The van der Waals surface area contributed by atoms with Gasteiger partial charge in [-0.05, 0) is 29.5 Å². The van der Waals surface area contributed by atoms with E-state index in [1.54, 1.807) is 17.8 Å². The molecule has 158 valence electrons. The van der Waals surface area contributed by atoms with Gasteiger partial charge in [-0.1, -0.05) is 57.7 Å². The van der Waals surface area contributed by atoms with Crippen LogP contribution in [0.2, 0.25) is 0 Å². The van der Waals surface area contributed by atoms with Crippen LogP contribution < -0.4 is 0 Å². The summed E-state index contributed by atoms with van der Waals surface area (Å²) < 4.78 is 17.0. The fourth-order valence-electron chi connectivity index (χ4n) is 2.79. The molecule has 0 fully saturated rings. The Labute approximate surface area is 177 Å². The van der Waals surface area contributed by atoms with Crippen LogP contribution in [0.4, 0.5) is 4.79 Å². The molecule has 1 heterocycles.